The summed E-state index contributed by atoms with van der Waals surface area (Å²) in [6.45, 7) is 1.39. The number of fused-ring (bicyclic) bond motifs is 1. The average molecular weight is 310 g/mol. The van der Waals surface area contributed by atoms with Crippen LogP contribution in [0.25, 0.3) is 5.70 Å². The van der Waals surface area contributed by atoms with Crippen molar-refractivity contribution in [3.63, 3.8) is 0 Å². The van der Waals surface area contributed by atoms with Gasteiger partial charge in [0.2, 0.25) is 0 Å². The quantitative estimate of drug-likeness (QED) is 0.756. The van der Waals surface area contributed by atoms with Crippen molar-refractivity contribution in [2.45, 2.75) is 38.1 Å². The van der Waals surface area contributed by atoms with Crippen LogP contribution < -0.4 is 21.4 Å². The molecule has 1 aliphatic carbocycles. The molecule has 1 unspecified atom stereocenters. The van der Waals surface area contributed by atoms with Crippen LogP contribution in [-0.2, 0) is 0 Å². The van der Waals surface area contributed by atoms with Gasteiger partial charge in [0.05, 0.1) is 24.2 Å². The standard InChI is InChI=1S/C17H22N6/c18-7-5-15(12-3-1-2-4-12)23-10-13(9-22-23)16-14-6-8-19-17(14)21-11-20-16/h6,8,10,12,15,20,22H,1-5,9,11H2,(H,19,21). The zero-order valence-corrected chi connectivity index (χ0v) is 13.2. The normalized spacial score (nSPS) is 22.1. The topological polar surface area (TPSA) is 79.2 Å². The number of nitrogens with zero attached hydrogens (tertiary/aromatic N) is 3. The van der Waals surface area contributed by atoms with Gasteiger partial charge in [0, 0.05) is 29.7 Å². The lowest BCUT2D eigenvalue weighted by molar-refractivity contribution is 0.163. The van der Waals surface area contributed by atoms with Crippen LogP contribution in [0, 0.1) is 17.2 Å². The van der Waals surface area contributed by atoms with Gasteiger partial charge < -0.3 is 15.3 Å². The molecule has 120 valence electrons. The Morgan fingerprint density at radius 1 is 1.39 bits per heavy atom. The van der Waals surface area contributed by atoms with Gasteiger partial charge in [-0.2, -0.15) is 5.26 Å². The maximum atomic E-state index is 9.22. The summed E-state index contributed by atoms with van der Waals surface area (Å²) in [6.07, 6.45) is 9.76. The van der Waals surface area contributed by atoms with Crippen molar-refractivity contribution in [2.24, 2.45) is 10.9 Å². The minimum absolute atomic E-state index is 0.277. The smallest absolute Gasteiger partial charge is 0.136 e. The summed E-state index contributed by atoms with van der Waals surface area (Å²) in [5.74, 6) is 0.625. The van der Waals surface area contributed by atoms with Crippen molar-refractivity contribution in [3.05, 3.63) is 34.7 Å². The molecule has 3 N–H and O–H groups in total. The molecule has 2 aliphatic heterocycles. The molecule has 0 aromatic carbocycles. The predicted octanol–water partition coefficient (Wildman–Crippen LogP) is 0.480. The minimum Gasteiger partial charge on any atom is -0.365 e. The van der Waals surface area contributed by atoms with E-state index in [0.717, 1.165) is 22.9 Å². The number of aromatic nitrogens is 1. The van der Waals surface area contributed by atoms with Crippen LogP contribution in [-0.4, -0.2) is 29.2 Å². The van der Waals surface area contributed by atoms with E-state index >= 15 is 0 Å². The van der Waals surface area contributed by atoms with Crippen LogP contribution in [0.2, 0.25) is 0 Å². The summed E-state index contributed by atoms with van der Waals surface area (Å²) >= 11 is 0. The number of nitriles is 1. The molecule has 1 saturated carbocycles. The van der Waals surface area contributed by atoms with Gasteiger partial charge in [0.25, 0.3) is 0 Å². The second-order valence-electron chi connectivity index (χ2n) is 6.48. The molecule has 4 rings (SSSR count). The second-order valence-corrected chi connectivity index (χ2v) is 6.48. The van der Waals surface area contributed by atoms with Crippen LogP contribution in [0.4, 0.5) is 0 Å². The van der Waals surface area contributed by atoms with E-state index in [2.05, 4.69) is 44.1 Å². The third-order valence-corrected chi connectivity index (χ3v) is 5.16. The van der Waals surface area contributed by atoms with E-state index in [4.69, 9.17) is 0 Å². The Morgan fingerprint density at radius 2 is 2.26 bits per heavy atom. The fraction of sp³-hybridized carbons (Fsp3) is 0.529. The lowest BCUT2D eigenvalue weighted by atomic mass is 9.95. The zero-order valence-electron chi connectivity index (χ0n) is 13.2. The Bertz CT molecular complexity index is 762. The van der Waals surface area contributed by atoms with E-state index in [0.29, 0.717) is 19.0 Å². The van der Waals surface area contributed by atoms with Gasteiger partial charge in [-0.05, 0) is 24.8 Å². The summed E-state index contributed by atoms with van der Waals surface area (Å²) in [5.41, 5.74) is 6.81. The molecule has 0 bridgehead atoms. The highest BCUT2D eigenvalue weighted by Crippen LogP contribution is 2.32. The van der Waals surface area contributed by atoms with Crippen molar-refractivity contribution >= 4 is 5.70 Å². The van der Waals surface area contributed by atoms with Crippen LogP contribution >= 0.6 is 0 Å². The molecule has 0 saturated heterocycles. The summed E-state index contributed by atoms with van der Waals surface area (Å²) in [7, 11) is 0. The molecular weight excluding hydrogens is 288 g/mol. The Morgan fingerprint density at radius 3 is 3.09 bits per heavy atom. The molecule has 3 aliphatic rings. The average Bonchev–Trinajstić information content (AvgIpc) is 3.32. The van der Waals surface area contributed by atoms with Crippen molar-refractivity contribution in [1.82, 2.24) is 20.7 Å². The number of aromatic amines is 1. The molecule has 1 atom stereocenters. The summed E-state index contributed by atoms with van der Waals surface area (Å²) in [6, 6.07) is 4.71. The first-order valence-electron chi connectivity index (χ1n) is 8.43. The number of hydrazine groups is 1. The number of hydrogen-bond donors (Lipinski definition) is 3. The lowest BCUT2D eigenvalue weighted by Crippen LogP contribution is -2.42. The SMILES string of the molecule is N#CCC(C1CCCC1)N1C=C(C2=c3cc[nH]c3=NCN2)CN1. The first kappa shape index (κ1) is 14.3. The highest BCUT2D eigenvalue weighted by Gasteiger charge is 2.31. The van der Waals surface area contributed by atoms with Gasteiger partial charge in [-0.1, -0.05) is 12.8 Å². The highest BCUT2D eigenvalue weighted by atomic mass is 15.5. The Kier molecular flexibility index (Phi) is 3.80. The molecular formula is C17H22N6. The number of nitrogens with one attached hydrogen (secondary N) is 3. The van der Waals surface area contributed by atoms with E-state index in [-0.39, 0.29) is 6.04 Å². The molecule has 3 heterocycles. The number of H-pyrrole nitrogens is 1. The molecule has 1 fully saturated rings. The van der Waals surface area contributed by atoms with Gasteiger partial charge >= 0.3 is 0 Å². The zero-order chi connectivity index (χ0) is 15.6. The Labute approximate surface area is 135 Å². The van der Waals surface area contributed by atoms with Gasteiger partial charge in [-0.15, -0.1) is 0 Å². The molecule has 1 aromatic heterocycles. The summed E-state index contributed by atoms with van der Waals surface area (Å²) in [5, 5.41) is 15.9. The molecule has 23 heavy (non-hydrogen) atoms. The van der Waals surface area contributed by atoms with Crippen LogP contribution in [0.15, 0.2) is 29.0 Å². The Hall–Kier alpha value is -2.26. The maximum Gasteiger partial charge on any atom is 0.136 e. The fourth-order valence-corrected chi connectivity index (χ4v) is 4.00. The largest absolute Gasteiger partial charge is 0.365 e. The molecule has 0 spiro atoms. The van der Waals surface area contributed by atoms with Crippen molar-refractivity contribution in [3.8, 4) is 6.07 Å². The van der Waals surface area contributed by atoms with Crippen LogP contribution in [0.1, 0.15) is 32.1 Å². The third-order valence-electron chi connectivity index (χ3n) is 5.16. The van der Waals surface area contributed by atoms with Gasteiger partial charge in [0.15, 0.2) is 0 Å². The molecule has 6 heteroatoms. The molecule has 0 radical (unpaired) electrons. The summed E-state index contributed by atoms with van der Waals surface area (Å²) in [4.78, 5) is 7.61. The minimum atomic E-state index is 0.277. The lowest BCUT2D eigenvalue weighted by Gasteiger charge is -2.30. The monoisotopic (exact) mass is 310 g/mol. The van der Waals surface area contributed by atoms with Crippen molar-refractivity contribution < 1.29 is 0 Å². The van der Waals surface area contributed by atoms with Crippen molar-refractivity contribution in [2.75, 3.05) is 13.2 Å². The van der Waals surface area contributed by atoms with Gasteiger partial charge in [-0.3, -0.25) is 0 Å². The maximum absolute atomic E-state index is 9.22. The first-order chi connectivity index (χ1) is 11.4. The Balaban J connectivity index is 1.63. The molecule has 0 amide bonds. The highest BCUT2D eigenvalue weighted by molar-refractivity contribution is 5.63. The first-order valence-corrected chi connectivity index (χ1v) is 8.43. The van der Waals surface area contributed by atoms with E-state index in [9.17, 15) is 5.26 Å². The van der Waals surface area contributed by atoms with E-state index in [1.165, 1.54) is 31.3 Å². The molecule has 6 nitrogen and oxygen atoms in total. The van der Waals surface area contributed by atoms with E-state index in [1.807, 2.05) is 6.20 Å². The fourth-order valence-electron chi connectivity index (χ4n) is 4.00. The van der Waals surface area contributed by atoms with Gasteiger partial charge in [0.1, 0.15) is 12.2 Å². The van der Waals surface area contributed by atoms with E-state index < -0.39 is 0 Å². The van der Waals surface area contributed by atoms with E-state index in [1.54, 1.807) is 0 Å². The van der Waals surface area contributed by atoms with Crippen LogP contribution in [0.5, 0.6) is 0 Å². The number of rotatable bonds is 4. The van der Waals surface area contributed by atoms with Crippen molar-refractivity contribution in [1.29, 1.82) is 5.26 Å². The predicted molar refractivity (Wildman–Crippen MR) is 86.9 cm³/mol. The number of hydrogen-bond acceptors (Lipinski definition) is 5. The third kappa shape index (κ3) is 2.62. The van der Waals surface area contributed by atoms with Gasteiger partial charge in [-0.25, -0.2) is 10.4 Å². The van der Waals surface area contributed by atoms with Crippen LogP contribution in [0.3, 0.4) is 0 Å². The molecule has 1 aromatic rings. The second kappa shape index (κ2) is 6.09. The summed E-state index contributed by atoms with van der Waals surface area (Å²) < 4.78 is 0.